The molecular formula is C13H14N2O4S. The molecule has 1 aliphatic carbocycles. The second kappa shape index (κ2) is 5.61. The van der Waals surface area contributed by atoms with E-state index in [0.29, 0.717) is 0 Å². The Labute approximate surface area is 117 Å². The molecule has 106 valence electrons. The topological polar surface area (TPSA) is 98.5 Å². The monoisotopic (exact) mass is 294 g/mol. The average Bonchev–Trinajstić information content (AvgIpc) is 3.23. The Morgan fingerprint density at radius 1 is 1.45 bits per heavy atom. The first-order chi connectivity index (χ1) is 9.46. The van der Waals surface area contributed by atoms with Crippen LogP contribution in [0.25, 0.3) is 0 Å². The number of rotatable bonds is 6. The van der Waals surface area contributed by atoms with E-state index in [1.54, 1.807) is 0 Å². The van der Waals surface area contributed by atoms with Crippen LogP contribution in [0.1, 0.15) is 29.6 Å². The number of carboxylic acids is 1. The van der Waals surface area contributed by atoms with E-state index >= 15 is 0 Å². The van der Waals surface area contributed by atoms with E-state index in [0.717, 1.165) is 18.9 Å². The standard InChI is InChI=1S/C13H14N2O4S/c14-7-2-8-15(11-5-6-11)20(18,19)12-4-1-3-10(9-12)13(16)17/h1,3-4,9,11H,2,5-6,8H2,(H,16,17). The summed E-state index contributed by atoms with van der Waals surface area (Å²) in [6.45, 7) is 0.140. The minimum Gasteiger partial charge on any atom is -0.478 e. The van der Waals surface area contributed by atoms with Crippen molar-refractivity contribution in [3.63, 3.8) is 0 Å². The molecule has 1 N–H and O–H groups in total. The van der Waals surface area contributed by atoms with E-state index in [-0.39, 0.29) is 29.5 Å². The van der Waals surface area contributed by atoms with Gasteiger partial charge < -0.3 is 5.11 Å². The number of hydrogen-bond acceptors (Lipinski definition) is 4. The number of nitriles is 1. The lowest BCUT2D eigenvalue weighted by atomic mass is 10.2. The molecule has 1 aromatic carbocycles. The summed E-state index contributed by atoms with van der Waals surface area (Å²) >= 11 is 0. The fourth-order valence-corrected chi connectivity index (χ4v) is 3.68. The van der Waals surface area contributed by atoms with Crippen molar-refractivity contribution in [2.75, 3.05) is 6.54 Å². The minimum atomic E-state index is -3.75. The van der Waals surface area contributed by atoms with Crippen molar-refractivity contribution >= 4 is 16.0 Å². The lowest BCUT2D eigenvalue weighted by molar-refractivity contribution is 0.0696. The fraction of sp³-hybridized carbons (Fsp3) is 0.385. The predicted molar refractivity (Wildman–Crippen MR) is 70.5 cm³/mol. The Morgan fingerprint density at radius 2 is 2.15 bits per heavy atom. The molecule has 1 aromatic rings. The van der Waals surface area contributed by atoms with Crippen LogP contribution < -0.4 is 0 Å². The molecule has 0 unspecified atom stereocenters. The zero-order valence-electron chi connectivity index (χ0n) is 10.7. The number of nitrogens with zero attached hydrogens (tertiary/aromatic N) is 2. The van der Waals surface area contributed by atoms with Gasteiger partial charge >= 0.3 is 5.97 Å². The van der Waals surface area contributed by atoms with Crippen LogP contribution >= 0.6 is 0 Å². The molecule has 0 spiro atoms. The molecule has 6 nitrogen and oxygen atoms in total. The molecule has 0 aromatic heterocycles. The zero-order valence-corrected chi connectivity index (χ0v) is 11.5. The zero-order chi connectivity index (χ0) is 14.8. The number of aromatic carboxylic acids is 1. The van der Waals surface area contributed by atoms with Gasteiger partial charge in [-0.15, -0.1) is 0 Å². The molecule has 1 saturated carbocycles. The lowest BCUT2D eigenvalue weighted by Crippen LogP contribution is -2.34. The van der Waals surface area contributed by atoms with Gasteiger partial charge in [-0.3, -0.25) is 0 Å². The van der Waals surface area contributed by atoms with E-state index in [1.807, 2.05) is 6.07 Å². The summed E-state index contributed by atoms with van der Waals surface area (Å²) in [5.74, 6) is -1.17. The number of carbonyl (C=O) groups is 1. The van der Waals surface area contributed by atoms with Crippen molar-refractivity contribution in [3.8, 4) is 6.07 Å². The second-order valence-electron chi connectivity index (χ2n) is 4.59. The van der Waals surface area contributed by atoms with Crippen molar-refractivity contribution in [1.82, 2.24) is 4.31 Å². The highest BCUT2D eigenvalue weighted by Gasteiger charge is 2.37. The van der Waals surface area contributed by atoms with Crippen molar-refractivity contribution in [2.24, 2.45) is 0 Å². The Hall–Kier alpha value is -1.91. The summed E-state index contributed by atoms with van der Waals surface area (Å²) in [5.41, 5.74) is -0.0675. The highest BCUT2D eigenvalue weighted by molar-refractivity contribution is 7.89. The largest absolute Gasteiger partial charge is 0.478 e. The maximum atomic E-state index is 12.5. The van der Waals surface area contributed by atoms with Crippen LogP contribution in [0.2, 0.25) is 0 Å². The summed E-state index contributed by atoms with van der Waals surface area (Å²) in [5, 5.41) is 17.5. The lowest BCUT2D eigenvalue weighted by Gasteiger charge is -2.20. The number of benzene rings is 1. The molecule has 7 heteroatoms. The maximum Gasteiger partial charge on any atom is 0.335 e. The Balaban J connectivity index is 2.35. The summed E-state index contributed by atoms with van der Waals surface area (Å²) in [7, 11) is -3.75. The van der Waals surface area contributed by atoms with E-state index in [9.17, 15) is 13.2 Å². The van der Waals surface area contributed by atoms with Gasteiger partial charge in [0.25, 0.3) is 0 Å². The molecule has 2 rings (SSSR count). The van der Waals surface area contributed by atoms with Crippen molar-refractivity contribution < 1.29 is 18.3 Å². The molecule has 0 saturated heterocycles. The van der Waals surface area contributed by atoms with Crippen LogP contribution in [0.3, 0.4) is 0 Å². The van der Waals surface area contributed by atoms with Gasteiger partial charge in [-0.25, -0.2) is 13.2 Å². The minimum absolute atomic E-state index is 0.0396. The molecule has 0 amide bonds. The summed E-state index contributed by atoms with van der Waals surface area (Å²) in [6.07, 6.45) is 1.68. The molecule has 0 heterocycles. The SMILES string of the molecule is N#CCCN(C1CC1)S(=O)(=O)c1cccc(C(=O)O)c1. The van der Waals surface area contributed by atoms with Crippen molar-refractivity contribution in [1.29, 1.82) is 5.26 Å². The first kappa shape index (κ1) is 14.5. The van der Waals surface area contributed by atoms with Crippen LogP contribution in [0.4, 0.5) is 0 Å². The van der Waals surface area contributed by atoms with Crippen molar-refractivity contribution in [2.45, 2.75) is 30.2 Å². The number of carboxylic acid groups (broad SMARTS) is 1. The molecule has 20 heavy (non-hydrogen) atoms. The van der Waals surface area contributed by atoms with Gasteiger partial charge in [0.15, 0.2) is 0 Å². The predicted octanol–water partition coefficient (Wildman–Crippen LogP) is 1.45. The van der Waals surface area contributed by atoms with E-state index in [4.69, 9.17) is 10.4 Å². The van der Waals surface area contributed by atoms with E-state index in [2.05, 4.69) is 0 Å². The van der Waals surface area contributed by atoms with Gasteiger partial charge in [0.1, 0.15) is 0 Å². The third kappa shape index (κ3) is 2.98. The summed E-state index contributed by atoms with van der Waals surface area (Å²) in [4.78, 5) is 10.9. The Kier molecular flexibility index (Phi) is 4.06. The second-order valence-corrected chi connectivity index (χ2v) is 6.48. The highest BCUT2D eigenvalue weighted by atomic mass is 32.2. The van der Waals surface area contributed by atoms with Gasteiger partial charge in [0.05, 0.1) is 16.5 Å². The van der Waals surface area contributed by atoms with Gasteiger partial charge in [-0.1, -0.05) is 6.07 Å². The molecular weight excluding hydrogens is 280 g/mol. The molecule has 0 atom stereocenters. The van der Waals surface area contributed by atoms with Crippen LogP contribution in [-0.4, -0.2) is 36.4 Å². The van der Waals surface area contributed by atoms with Crippen LogP contribution in [0, 0.1) is 11.3 Å². The number of sulfonamides is 1. The van der Waals surface area contributed by atoms with E-state index < -0.39 is 16.0 Å². The smallest absolute Gasteiger partial charge is 0.335 e. The molecule has 1 fully saturated rings. The van der Waals surface area contributed by atoms with Gasteiger partial charge in [-0.05, 0) is 31.0 Å². The van der Waals surface area contributed by atoms with Crippen molar-refractivity contribution in [3.05, 3.63) is 29.8 Å². The normalized spacial score (nSPS) is 15.0. The van der Waals surface area contributed by atoms with Crippen LogP contribution in [0.15, 0.2) is 29.2 Å². The quantitative estimate of drug-likeness (QED) is 0.856. The first-order valence-electron chi connectivity index (χ1n) is 6.19. The molecule has 0 bridgehead atoms. The van der Waals surface area contributed by atoms with Crippen LogP contribution in [0.5, 0.6) is 0 Å². The fourth-order valence-electron chi connectivity index (χ4n) is 1.95. The van der Waals surface area contributed by atoms with E-state index in [1.165, 1.54) is 22.5 Å². The third-order valence-corrected chi connectivity index (χ3v) is 5.03. The maximum absolute atomic E-state index is 12.5. The average molecular weight is 294 g/mol. The third-order valence-electron chi connectivity index (χ3n) is 3.09. The first-order valence-corrected chi connectivity index (χ1v) is 7.63. The van der Waals surface area contributed by atoms with Gasteiger partial charge in [0.2, 0.25) is 10.0 Å². The molecule has 0 aliphatic heterocycles. The summed E-state index contributed by atoms with van der Waals surface area (Å²) in [6, 6.07) is 7.15. The summed E-state index contributed by atoms with van der Waals surface area (Å²) < 4.78 is 26.3. The number of hydrogen-bond donors (Lipinski definition) is 1. The van der Waals surface area contributed by atoms with Gasteiger partial charge in [-0.2, -0.15) is 9.57 Å². The highest BCUT2D eigenvalue weighted by Crippen LogP contribution is 2.32. The van der Waals surface area contributed by atoms with Crippen LogP contribution in [-0.2, 0) is 10.0 Å². The Bertz CT molecular complexity index is 659. The van der Waals surface area contributed by atoms with Gasteiger partial charge in [0, 0.05) is 19.0 Å². The Morgan fingerprint density at radius 3 is 2.70 bits per heavy atom. The molecule has 0 radical (unpaired) electrons. The molecule has 1 aliphatic rings.